The second kappa shape index (κ2) is 11.2. The van der Waals surface area contributed by atoms with E-state index >= 15 is 0 Å². The Labute approximate surface area is 236 Å². The highest BCUT2D eigenvalue weighted by atomic mass is 32.2. The van der Waals surface area contributed by atoms with E-state index in [1.54, 1.807) is 50.2 Å². The number of aliphatic hydroxyl groups excluding tert-OH is 1. The topological polar surface area (TPSA) is 106 Å². The van der Waals surface area contributed by atoms with E-state index in [1.165, 1.54) is 51.5 Å². The molecule has 0 radical (unpaired) electrons. The van der Waals surface area contributed by atoms with Crippen molar-refractivity contribution in [2.75, 3.05) is 11.5 Å². The molecule has 0 saturated heterocycles. The van der Waals surface area contributed by atoms with Crippen molar-refractivity contribution in [1.82, 2.24) is 15.2 Å². The minimum absolute atomic E-state index is 0.0355. The Bertz CT molecular complexity index is 1560. The molecule has 1 N–H and O–H groups in total. The number of carbonyl (C=O) groups excluding carboxylic acids is 2. The average molecular weight is 583 g/mol. The molecular formula is C27H23FN4O4S3. The molecule has 0 bridgehead atoms. The van der Waals surface area contributed by atoms with E-state index in [4.69, 9.17) is 4.74 Å². The van der Waals surface area contributed by atoms with Crippen molar-refractivity contribution in [2.45, 2.75) is 36.9 Å². The zero-order valence-electron chi connectivity index (χ0n) is 21.2. The highest BCUT2D eigenvalue weighted by Crippen LogP contribution is 2.44. The highest BCUT2D eigenvalue weighted by molar-refractivity contribution is 8.00. The number of aryl methyl sites for hydroxylation is 2. The van der Waals surface area contributed by atoms with E-state index in [0.717, 1.165) is 5.56 Å². The molecule has 39 heavy (non-hydrogen) atoms. The Morgan fingerprint density at radius 2 is 1.82 bits per heavy atom. The van der Waals surface area contributed by atoms with Gasteiger partial charge in [-0.05, 0) is 56.2 Å². The van der Waals surface area contributed by atoms with Gasteiger partial charge >= 0.3 is 0 Å². The first-order valence-electron chi connectivity index (χ1n) is 12.0. The van der Waals surface area contributed by atoms with Gasteiger partial charge in [-0.25, -0.2) is 9.37 Å². The molecule has 8 nitrogen and oxygen atoms in total. The summed E-state index contributed by atoms with van der Waals surface area (Å²) in [5.74, 6) is -0.954. The van der Waals surface area contributed by atoms with Crippen molar-refractivity contribution >= 4 is 51.3 Å². The summed E-state index contributed by atoms with van der Waals surface area (Å²) in [7, 11) is 0. The minimum Gasteiger partial charge on any atom is -0.503 e. The molecule has 200 valence electrons. The van der Waals surface area contributed by atoms with Gasteiger partial charge < -0.3 is 9.84 Å². The molecule has 0 saturated carbocycles. The highest BCUT2D eigenvalue weighted by Gasteiger charge is 2.46. The van der Waals surface area contributed by atoms with Crippen molar-refractivity contribution < 1.29 is 23.8 Å². The van der Waals surface area contributed by atoms with E-state index in [-0.39, 0.29) is 16.5 Å². The smallest absolute Gasteiger partial charge is 0.296 e. The number of aromatic nitrogens is 3. The lowest BCUT2D eigenvalue weighted by Gasteiger charge is -2.24. The van der Waals surface area contributed by atoms with E-state index in [9.17, 15) is 19.1 Å². The van der Waals surface area contributed by atoms with Crippen LogP contribution in [0.1, 0.15) is 44.5 Å². The summed E-state index contributed by atoms with van der Waals surface area (Å²) in [4.78, 5) is 33.2. The predicted octanol–water partition coefficient (Wildman–Crippen LogP) is 6.22. The van der Waals surface area contributed by atoms with Crippen molar-refractivity contribution in [1.29, 1.82) is 0 Å². The fraction of sp³-hybridized carbons (Fsp3) is 0.222. The fourth-order valence-electron chi connectivity index (χ4n) is 4.21. The third-order valence-electron chi connectivity index (χ3n) is 5.95. The number of Topliss-reactive ketones (excluding diaryl/α,β-unsaturated/α-hetero) is 1. The van der Waals surface area contributed by atoms with Crippen LogP contribution in [0.4, 0.5) is 9.52 Å². The molecule has 2 aromatic carbocycles. The van der Waals surface area contributed by atoms with Crippen LogP contribution in [0.2, 0.25) is 0 Å². The van der Waals surface area contributed by atoms with Gasteiger partial charge in [0, 0.05) is 5.75 Å². The van der Waals surface area contributed by atoms with Gasteiger partial charge in [-0.3, -0.25) is 14.5 Å². The molecular weight excluding hydrogens is 560 g/mol. The Kier molecular flexibility index (Phi) is 7.78. The van der Waals surface area contributed by atoms with Crippen molar-refractivity contribution in [3.05, 3.63) is 92.4 Å². The zero-order valence-corrected chi connectivity index (χ0v) is 23.6. The van der Waals surface area contributed by atoms with Crippen LogP contribution in [0.15, 0.2) is 64.2 Å². The SMILES string of the molecule is CCOc1ccc(C2C(C(=O)c3sc(C)nc3C)=C(O)C(=O)N2c2nnc(SCc3ccc(F)cc3)s2)cc1. The number of thioether (sulfide) groups is 1. The number of carbonyl (C=O) groups is 2. The van der Waals surface area contributed by atoms with Crippen LogP contribution in [0.5, 0.6) is 5.75 Å². The van der Waals surface area contributed by atoms with Gasteiger partial charge in [-0.15, -0.1) is 21.5 Å². The number of halogens is 1. The maximum absolute atomic E-state index is 13.7. The number of amides is 1. The standard InChI is InChI=1S/C27H23FN4O4S3/c1-4-36-19-11-7-17(8-12-19)21-20(22(33)24-14(2)29-15(3)38-24)23(34)25(35)32(21)26-30-31-27(39-26)37-13-16-5-9-18(28)10-6-16/h5-12,21,34H,4,13H2,1-3H3. The fourth-order valence-corrected chi connectivity index (χ4v) is 6.91. The quantitative estimate of drug-likeness (QED) is 0.141. The number of nitrogens with zero attached hydrogens (tertiary/aromatic N) is 4. The Balaban J connectivity index is 1.50. The summed E-state index contributed by atoms with van der Waals surface area (Å²) in [5.41, 5.74) is 2.01. The first kappa shape index (κ1) is 27.0. The summed E-state index contributed by atoms with van der Waals surface area (Å²) in [6, 6.07) is 12.3. The van der Waals surface area contributed by atoms with Gasteiger partial charge in [0.05, 0.1) is 33.8 Å². The van der Waals surface area contributed by atoms with Gasteiger partial charge in [0.15, 0.2) is 10.1 Å². The van der Waals surface area contributed by atoms with E-state index in [0.29, 0.717) is 43.6 Å². The molecule has 0 spiro atoms. The number of benzene rings is 2. The van der Waals surface area contributed by atoms with Gasteiger partial charge in [0.1, 0.15) is 11.6 Å². The van der Waals surface area contributed by atoms with Crippen LogP contribution in [0, 0.1) is 19.7 Å². The first-order valence-corrected chi connectivity index (χ1v) is 14.6. The Morgan fingerprint density at radius 3 is 2.46 bits per heavy atom. The molecule has 1 amide bonds. The summed E-state index contributed by atoms with van der Waals surface area (Å²) in [6.45, 7) is 5.89. The van der Waals surface area contributed by atoms with Gasteiger partial charge in [0.25, 0.3) is 5.91 Å². The van der Waals surface area contributed by atoms with Crippen LogP contribution in [-0.2, 0) is 10.5 Å². The monoisotopic (exact) mass is 582 g/mol. The molecule has 1 unspecified atom stereocenters. The van der Waals surface area contributed by atoms with Crippen LogP contribution >= 0.6 is 34.4 Å². The van der Waals surface area contributed by atoms with Gasteiger partial charge in [-0.2, -0.15) is 0 Å². The molecule has 1 atom stereocenters. The third-order valence-corrected chi connectivity index (χ3v) is 9.15. The van der Waals surface area contributed by atoms with Crippen molar-refractivity contribution in [2.24, 2.45) is 0 Å². The molecule has 2 aromatic heterocycles. The molecule has 0 aliphatic carbocycles. The third kappa shape index (κ3) is 5.45. The number of hydrogen-bond acceptors (Lipinski definition) is 10. The largest absolute Gasteiger partial charge is 0.503 e. The number of rotatable bonds is 9. The Hall–Kier alpha value is -3.61. The summed E-state index contributed by atoms with van der Waals surface area (Å²) in [6.07, 6.45) is 0. The van der Waals surface area contributed by atoms with E-state index in [1.807, 2.05) is 6.92 Å². The number of anilines is 1. The maximum Gasteiger partial charge on any atom is 0.296 e. The maximum atomic E-state index is 13.7. The van der Waals surface area contributed by atoms with Gasteiger partial charge in [0.2, 0.25) is 10.9 Å². The lowest BCUT2D eigenvalue weighted by molar-refractivity contribution is -0.117. The minimum atomic E-state index is -0.926. The Morgan fingerprint density at radius 1 is 1.10 bits per heavy atom. The molecule has 5 rings (SSSR count). The number of ether oxygens (including phenoxy) is 1. The molecule has 1 aliphatic rings. The summed E-state index contributed by atoms with van der Waals surface area (Å²) < 4.78 is 19.4. The molecule has 0 fully saturated rings. The van der Waals surface area contributed by atoms with E-state index < -0.39 is 23.5 Å². The van der Waals surface area contributed by atoms with Crippen LogP contribution < -0.4 is 9.64 Å². The summed E-state index contributed by atoms with van der Waals surface area (Å²) in [5, 5.41) is 20.4. The first-order chi connectivity index (χ1) is 18.8. The predicted molar refractivity (Wildman–Crippen MR) is 149 cm³/mol. The average Bonchev–Trinajstić information content (AvgIpc) is 3.60. The molecule has 12 heteroatoms. The molecule has 1 aliphatic heterocycles. The lowest BCUT2D eigenvalue weighted by Crippen LogP contribution is -2.31. The van der Waals surface area contributed by atoms with Crippen LogP contribution in [0.25, 0.3) is 0 Å². The van der Waals surface area contributed by atoms with Crippen LogP contribution in [-0.4, -0.2) is 38.6 Å². The number of aliphatic hydroxyl groups is 1. The zero-order chi connectivity index (χ0) is 27.7. The van der Waals surface area contributed by atoms with Crippen molar-refractivity contribution in [3.8, 4) is 5.75 Å². The van der Waals surface area contributed by atoms with E-state index in [2.05, 4.69) is 15.2 Å². The van der Waals surface area contributed by atoms with Crippen LogP contribution in [0.3, 0.4) is 0 Å². The molecule has 4 aromatic rings. The summed E-state index contributed by atoms with van der Waals surface area (Å²) >= 11 is 3.78. The lowest BCUT2D eigenvalue weighted by atomic mass is 9.95. The number of hydrogen-bond donors (Lipinski definition) is 1. The van der Waals surface area contributed by atoms with Crippen molar-refractivity contribution in [3.63, 3.8) is 0 Å². The molecule has 3 heterocycles. The second-order valence-electron chi connectivity index (χ2n) is 8.58. The number of ketones is 1. The second-order valence-corrected chi connectivity index (χ2v) is 12.0. The van der Waals surface area contributed by atoms with Gasteiger partial charge in [-0.1, -0.05) is 47.4 Å². The number of thiazole rings is 1. The normalized spacial score (nSPS) is 15.3.